The largest absolute Gasteiger partial charge is 0.358 e. The number of carbonyl (C=O) groups excluding carboxylic acids is 1. The van der Waals surface area contributed by atoms with E-state index < -0.39 is 4.92 Å². The number of nitrogens with zero attached hydrogens (tertiary/aromatic N) is 3. The van der Waals surface area contributed by atoms with Crippen LogP contribution in [-0.2, 0) is 13.5 Å². The maximum atomic E-state index is 12.6. The van der Waals surface area contributed by atoms with Crippen molar-refractivity contribution in [2.75, 3.05) is 0 Å². The number of carbonyl (C=O) groups is 1. The fourth-order valence-electron chi connectivity index (χ4n) is 2.77. The molecule has 1 aliphatic rings. The molecule has 0 bridgehead atoms. The molecule has 118 valence electrons. The average Bonchev–Trinajstić information content (AvgIpc) is 3.01. The number of rotatable bonds is 3. The number of fused-ring (bicyclic) bond motifs is 1. The fourth-order valence-corrected chi connectivity index (χ4v) is 2.77. The van der Waals surface area contributed by atoms with Crippen LogP contribution >= 0.6 is 0 Å². The summed E-state index contributed by atoms with van der Waals surface area (Å²) < 4.78 is 1.38. The Morgan fingerprint density at radius 2 is 2.13 bits per heavy atom. The van der Waals surface area contributed by atoms with Crippen LogP contribution in [0.4, 0.5) is 5.82 Å². The van der Waals surface area contributed by atoms with Gasteiger partial charge in [-0.1, -0.05) is 26.0 Å². The van der Waals surface area contributed by atoms with Crippen LogP contribution in [0.15, 0.2) is 30.0 Å². The van der Waals surface area contributed by atoms with Crippen LogP contribution < -0.4 is 0 Å². The molecule has 1 heterocycles. The van der Waals surface area contributed by atoms with E-state index in [1.54, 1.807) is 13.1 Å². The van der Waals surface area contributed by atoms with Gasteiger partial charge in [-0.15, -0.1) is 0 Å². The molecular formula is C17H17N3O3. The predicted molar refractivity (Wildman–Crippen MR) is 86.4 cm³/mol. The summed E-state index contributed by atoms with van der Waals surface area (Å²) >= 11 is 0. The van der Waals surface area contributed by atoms with Gasteiger partial charge in [0, 0.05) is 23.6 Å². The summed E-state index contributed by atoms with van der Waals surface area (Å²) in [5.74, 6) is 0.658. The van der Waals surface area contributed by atoms with E-state index in [9.17, 15) is 14.9 Å². The summed E-state index contributed by atoms with van der Waals surface area (Å²) in [5.41, 5.74) is 3.47. The fraction of sp³-hybridized carbons (Fsp3) is 0.294. The van der Waals surface area contributed by atoms with Gasteiger partial charge in [-0.2, -0.15) is 0 Å². The number of Topliss-reactive ketones (excluding diaryl/α,β-unsaturated/α-hetero) is 1. The third-order valence-electron chi connectivity index (χ3n) is 4.21. The van der Waals surface area contributed by atoms with Gasteiger partial charge in [-0.25, -0.2) is 9.55 Å². The first-order valence-corrected chi connectivity index (χ1v) is 7.42. The van der Waals surface area contributed by atoms with Crippen molar-refractivity contribution >= 4 is 17.7 Å². The standard InChI is InChI=1S/C17H17N3O3/c1-10(2)11-4-5-12-6-13(17(21)14(12)7-11)8-15-18-9-16(19(15)3)20(22)23/h4-5,7-10H,6H2,1-3H3. The molecule has 3 rings (SSSR count). The molecular weight excluding hydrogens is 294 g/mol. The summed E-state index contributed by atoms with van der Waals surface area (Å²) in [6.07, 6.45) is 3.38. The molecule has 2 aromatic rings. The third kappa shape index (κ3) is 2.56. The summed E-state index contributed by atoms with van der Waals surface area (Å²) in [6, 6.07) is 5.99. The number of hydrogen-bond donors (Lipinski definition) is 0. The highest BCUT2D eigenvalue weighted by Crippen LogP contribution is 2.30. The molecule has 0 atom stereocenters. The van der Waals surface area contributed by atoms with Gasteiger partial charge in [-0.3, -0.25) is 4.79 Å². The summed E-state index contributed by atoms with van der Waals surface area (Å²) in [6.45, 7) is 4.18. The van der Waals surface area contributed by atoms with Crippen LogP contribution in [0.25, 0.3) is 6.08 Å². The Balaban J connectivity index is 1.97. The summed E-state index contributed by atoms with van der Waals surface area (Å²) in [5, 5.41) is 10.9. The smallest absolute Gasteiger partial charge is 0.342 e. The van der Waals surface area contributed by atoms with E-state index in [-0.39, 0.29) is 11.6 Å². The van der Waals surface area contributed by atoms with Crippen molar-refractivity contribution in [1.82, 2.24) is 9.55 Å². The highest BCUT2D eigenvalue weighted by Gasteiger charge is 2.27. The Kier molecular flexibility index (Phi) is 3.60. The van der Waals surface area contributed by atoms with Crippen molar-refractivity contribution in [3.05, 3.63) is 62.6 Å². The number of allylic oxidation sites excluding steroid dienone is 1. The number of imidazole rings is 1. The normalized spacial score (nSPS) is 15.5. The van der Waals surface area contributed by atoms with Gasteiger partial charge in [0.15, 0.2) is 5.78 Å². The first-order chi connectivity index (χ1) is 10.9. The van der Waals surface area contributed by atoms with Crippen LogP contribution in [0.5, 0.6) is 0 Å². The Morgan fingerprint density at radius 3 is 2.74 bits per heavy atom. The van der Waals surface area contributed by atoms with E-state index in [1.165, 1.54) is 10.8 Å². The zero-order valence-electron chi connectivity index (χ0n) is 13.2. The molecule has 1 aromatic heterocycles. The molecule has 1 aromatic carbocycles. The zero-order valence-corrected chi connectivity index (χ0v) is 13.2. The molecule has 0 N–H and O–H groups in total. The molecule has 0 fully saturated rings. The number of nitro groups is 1. The Labute approximate surface area is 133 Å². The van der Waals surface area contributed by atoms with Crippen molar-refractivity contribution in [3.8, 4) is 0 Å². The lowest BCUT2D eigenvalue weighted by Gasteiger charge is -2.06. The molecule has 0 saturated heterocycles. The van der Waals surface area contributed by atoms with E-state index in [2.05, 4.69) is 18.8 Å². The van der Waals surface area contributed by atoms with Gasteiger partial charge in [0.05, 0.1) is 7.05 Å². The molecule has 0 unspecified atom stereocenters. The summed E-state index contributed by atoms with van der Waals surface area (Å²) in [4.78, 5) is 27.0. The number of hydrogen-bond acceptors (Lipinski definition) is 4. The van der Waals surface area contributed by atoms with Gasteiger partial charge >= 0.3 is 5.82 Å². The molecule has 6 heteroatoms. The zero-order chi connectivity index (χ0) is 16.7. The second-order valence-corrected chi connectivity index (χ2v) is 6.04. The van der Waals surface area contributed by atoms with Crippen molar-refractivity contribution in [3.63, 3.8) is 0 Å². The van der Waals surface area contributed by atoms with Gasteiger partial charge < -0.3 is 10.1 Å². The number of ketones is 1. The second-order valence-electron chi connectivity index (χ2n) is 6.04. The summed E-state index contributed by atoms with van der Waals surface area (Å²) in [7, 11) is 1.57. The number of benzene rings is 1. The van der Waals surface area contributed by atoms with Crippen LogP contribution in [0.2, 0.25) is 0 Å². The van der Waals surface area contributed by atoms with E-state index in [0.717, 1.165) is 16.7 Å². The van der Waals surface area contributed by atoms with E-state index in [4.69, 9.17) is 0 Å². The SMILES string of the molecule is CC(C)c1ccc2c(c1)C(=O)C(=Cc1ncc([N+](=O)[O-])n1C)C2. The van der Waals surface area contributed by atoms with E-state index in [0.29, 0.717) is 23.7 Å². The Bertz CT molecular complexity index is 847. The van der Waals surface area contributed by atoms with Crippen molar-refractivity contribution in [2.24, 2.45) is 7.05 Å². The second kappa shape index (κ2) is 5.46. The molecule has 0 radical (unpaired) electrons. The highest BCUT2D eigenvalue weighted by atomic mass is 16.6. The third-order valence-corrected chi connectivity index (χ3v) is 4.21. The minimum Gasteiger partial charge on any atom is -0.358 e. The van der Waals surface area contributed by atoms with Gasteiger partial charge in [0.25, 0.3) is 0 Å². The highest BCUT2D eigenvalue weighted by molar-refractivity contribution is 6.15. The van der Waals surface area contributed by atoms with Crippen LogP contribution in [0.1, 0.15) is 47.1 Å². The molecule has 0 spiro atoms. The van der Waals surface area contributed by atoms with Crippen molar-refractivity contribution in [1.29, 1.82) is 0 Å². The molecule has 0 saturated carbocycles. The lowest BCUT2D eigenvalue weighted by atomic mass is 9.98. The predicted octanol–water partition coefficient (Wildman–Crippen LogP) is 3.27. The molecule has 0 amide bonds. The lowest BCUT2D eigenvalue weighted by molar-refractivity contribution is -0.391. The van der Waals surface area contributed by atoms with Crippen LogP contribution in [0, 0.1) is 10.1 Å². The van der Waals surface area contributed by atoms with E-state index in [1.807, 2.05) is 18.2 Å². The topological polar surface area (TPSA) is 78.0 Å². The maximum Gasteiger partial charge on any atom is 0.342 e. The monoisotopic (exact) mass is 311 g/mol. The maximum absolute atomic E-state index is 12.6. The number of aromatic nitrogens is 2. The molecule has 23 heavy (non-hydrogen) atoms. The molecule has 0 aliphatic heterocycles. The van der Waals surface area contributed by atoms with Crippen molar-refractivity contribution < 1.29 is 9.72 Å². The minimum absolute atomic E-state index is 0.0202. The quantitative estimate of drug-likeness (QED) is 0.495. The van der Waals surface area contributed by atoms with Gasteiger partial charge in [0.2, 0.25) is 5.82 Å². The van der Waals surface area contributed by atoms with E-state index >= 15 is 0 Å². The first-order valence-electron chi connectivity index (χ1n) is 7.42. The van der Waals surface area contributed by atoms with Gasteiger partial charge in [0.1, 0.15) is 6.20 Å². The molecule has 6 nitrogen and oxygen atoms in total. The first kappa shape index (κ1) is 15.1. The Morgan fingerprint density at radius 1 is 1.39 bits per heavy atom. The van der Waals surface area contributed by atoms with Crippen LogP contribution in [-0.4, -0.2) is 20.3 Å². The minimum atomic E-state index is -0.491. The van der Waals surface area contributed by atoms with Crippen LogP contribution in [0.3, 0.4) is 0 Å². The molecule has 1 aliphatic carbocycles. The van der Waals surface area contributed by atoms with Crippen molar-refractivity contribution in [2.45, 2.75) is 26.2 Å². The Hall–Kier alpha value is -2.76. The lowest BCUT2D eigenvalue weighted by Crippen LogP contribution is -2.01. The van der Waals surface area contributed by atoms with Gasteiger partial charge in [-0.05, 0) is 28.0 Å². The average molecular weight is 311 g/mol.